The number of quaternary nitrogens is 1. The van der Waals surface area contributed by atoms with E-state index >= 15 is 0 Å². The first-order chi connectivity index (χ1) is 30.1. The fourth-order valence-corrected chi connectivity index (χ4v) is 8.27. The van der Waals surface area contributed by atoms with Crippen LogP contribution in [0.2, 0.25) is 0 Å². The first-order valence-electron chi connectivity index (χ1n) is 26.7. The van der Waals surface area contributed by atoms with Crippen molar-refractivity contribution in [1.29, 1.82) is 0 Å². The maximum atomic E-state index is 12.8. The zero-order valence-electron chi connectivity index (χ0n) is 41.9. The first-order valence-corrected chi connectivity index (χ1v) is 26.7. The minimum Gasteiger partial charge on any atom is -0.477 e. The number of carbonyl (C=O) groups is 3. The fourth-order valence-electron chi connectivity index (χ4n) is 8.27. The number of aliphatic carboxylic acids is 1. The molecule has 2 unspecified atom stereocenters. The molecule has 0 aliphatic carbocycles. The summed E-state index contributed by atoms with van der Waals surface area (Å²) in [6.45, 7) is 4.77. The largest absolute Gasteiger partial charge is 0.477 e. The summed E-state index contributed by atoms with van der Waals surface area (Å²) in [4.78, 5) is 37.1. The Kier molecular flexibility index (Phi) is 44.2. The molecule has 366 valence electrons. The third-order valence-corrected chi connectivity index (χ3v) is 12.4. The number of esters is 2. The molecule has 1 N–H and O–H groups in total. The van der Waals surface area contributed by atoms with E-state index < -0.39 is 18.1 Å². The molecule has 0 fully saturated rings. The maximum absolute atomic E-state index is 12.8. The van der Waals surface area contributed by atoms with Crippen molar-refractivity contribution in [3.8, 4) is 0 Å². The van der Waals surface area contributed by atoms with Crippen LogP contribution in [-0.2, 0) is 28.6 Å². The molecule has 0 saturated heterocycles. The van der Waals surface area contributed by atoms with Crippen molar-refractivity contribution in [2.24, 2.45) is 0 Å². The summed E-state index contributed by atoms with van der Waals surface area (Å²) in [6.07, 6.45) is 51.3. The van der Waals surface area contributed by atoms with Gasteiger partial charge in [0.25, 0.3) is 0 Å². The molecule has 0 aromatic carbocycles. The number of carbonyl (C=O) groups excluding carboxylic acids is 2. The number of hydrogen-bond donors (Lipinski definition) is 1. The van der Waals surface area contributed by atoms with E-state index in [0.29, 0.717) is 19.3 Å². The van der Waals surface area contributed by atoms with Crippen molar-refractivity contribution in [3.05, 3.63) is 12.2 Å². The number of rotatable bonds is 49. The Morgan fingerprint density at radius 3 is 1.16 bits per heavy atom. The molecular weight excluding hydrogens is 775 g/mol. The third-order valence-electron chi connectivity index (χ3n) is 12.4. The molecule has 62 heavy (non-hydrogen) atoms. The summed E-state index contributed by atoms with van der Waals surface area (Å²) in [5.74, 6) is -1.46. The number of likely N-dealkylation sites (N-methyl/N-ethyl adjacent to an activating group) is 1. The summed E-state index contributed by atoms with van der Waals surface area (Å²) in [5.41, 5.74) is 0. The van der Waals surface area contributed by atoms with Crippen molar-refractivity contribution in [3.63, 3.8) is 0 Å². The SMILES string of the molecule is CCCCCCCC/C=C\CCCCCCCC(=O)OC(COCCC(C(=O)O)[N+](C)(C)C)COC(=O)CCCCCCCCCCCCCCCCCCCCCCCCC. The Morgan fingerprint density at radius 2 is 0.806 bits per heavy atom. The van der Waals surface area contributed by atoms with Gasteiger partial charge in [-0.05, 0) is 38.5 Å². The van der Waals surface area contributed by atoms with Crippen LogP contribution in [0.25, 0.3) is 0 Å². The highest BCUT2D eigenvalue weighted by atomic mass is 16.6. The maximum Gasteiger partial charge on any atom is 0.362 e. The van der Waals surface area contributed by atoms with E-state index in [1.807, 2.05) is 21.1 Å². The Labute approximate surface area is 384 Å². The number of allylic oxidation sites excluding steroid dienone is 2. The summed E-state index contributed by atoms with van der Waals surface area (Å²) in [6, 6.07) is -0.612. The molecule has 0 aromatic heterocycles. The molecule has 0 aliphatic rings. The number of unbranched alkanes of at least 4 members (excludes halogenated alkanes) is 33. The lowest BCUT2D eigenvalue weighted by Gasteiger charge is -2.31. The summed E-state index contributed by atoms with van der Waals surface area (Å²) in [5, 5.41) is 9.65. The van der Waals surface area contributed by atoms with Gasteiger partial charge in [-0.3, -0.25) is 9.59 Å². The highest BCUT2D eigenvalue weighted by Crippen LogP contribution is 2.17. The van der Waals surface area contributed by atoms with Gasteiger partial charge in [0.05, 0.1) is 34.4 Å². The van der Waals surface area contributed by atoms with Gasteiger partial charge < -0.3 is 23.8 Å². The van der Waals surface area contributed by atoms with Gasteiger partial charge in [-0.1, -0.05) is 219 Å². The van der Waals surface area contributed by atoms with Gasteiger partial charge in [0, 0.05) is 19.3 Å². The molecule has 0 amide bonds. The van der Waals surface area contributed by atoms with Crippen molar-refractivity contribution in [1.82, 2.24) is 0 Å². The molecular formula is C54H104NO7+. The van der Waals surface area contributed by atoms with Crippen LogP contribution in [0.1, 0.15) is 264 Å². The van der Waals surface area contributed by atoms with Gasteiger partial charge in [0.2, 0.25) is 0 Å². The number of carboxylic acid groups (broad SMARTS) is 1. The van der Waals surface area contributed by atoms with Crippen LogP contribution in [-0.4, -0.2) is 80.6 Å². The Morgan fingerprint density at radius 1 is 0.468 bits per heavy atom. The second-order valence-corrected chi connectivity index (χ2v) is 19.5. The van der Waals surface area contributed by atoms with Crippen molar-refractivity contribution < 1.29 is 38.2 Å². The quantitative estimate of drug-likeness (QED) is 0.0281. The van der Waals surface area contributed by atoms with Crippen LogP contribution >= 0.6 is 0 Å². The van der Waals surface area contributed by atoms with Crippen LogP contribution in [0, 0.1) is 0 Å². The molecule has 0 rings (SSSR count). The van der Waals surface area contributed by atoms with Crippen LogP contribution in [0.3, 0.4) is 0 Å². The van der Waals surface area contributed by atoms with E-state index in [-0.39, 0.29) is 36.2 Å². The second kappa shape index (κ2) is 45.6. The normalized spacial score (nSPS) is 12.9. The molecule has 8 heteroatoms. The van der Waals surface area contributed by atoms with Gasteiger partial charge >= 0.3 is 17.9 Å². The summed E-state index contributed by atoms with van der Waals surface area (Å²) in [7, 11) is 5.54. The van der Waals surface area contributed by atoms with Crippen LogP contribution in [0.4, 0.5) is 0 Å². The highest BCUT2D eigenvalue weighted by Gasteiger charge is 2.31. The van der Waals surface area contributed by atoms with E-state index in [0.717, 1.165) is 51.4 Å². The molecule has 8 nitrogen and oxygen atoms in total. The standard InChI is InChI=1S/C54H103NO7/c1-6-8-10-12-14-16-18-20-22-23-24-25-26-27-28-29-31-32-34-36-38-40-42-44-52(56)61-49-50(48-60-47-46-51(54(58)59)55(3,4)5)62-53(57)45-43-41-39-37-35-33-30-21-19-17-15-13-11-9-7-2/h21,30,50-51H,6-20,22-29,31-49H2,1-5H3/p+1/b30-21-. The monoisotopic (exact) mass is 879 g/mol. The van der Waals surface area contributed by atoms with Gasteiger partial charge in [0.1, 0.15) is 6.61 Å². The Bertz CT molecular complexity index is 1020. The summed E-state index contributed by atoms with van der Waals surface area (Å²) >= 11 is 0. The number of nitrogens with zero attached hydrogens (tertiary/aromatic N) is 1. The van der Waals surface area contributed by atoms with E-state index in [4.69, 9.17) is 14.2 Å². The smallest absolute Gasteiger partial charge is 0.362 e. The lowest BCUT2D eigenvalue weighted by Crippen LogP contribution is -2.50. The predicted octanol–water partition coefficient (Wildman–Crippen LogP) is 15.4. The van der Waals surface area contributed by atoms with Gasteiger partial charge in [0.15, 0.2) is 12.1 Å². The highest BCUT2D eigenvalue weighted by molar-refractivity contribution is 5.72. The molecule has 0 aliphatic heterocycles. The Balaban J connectivity index is 4.14. The molecule has 0 aromatic rings. The molecule has 2 atom stereocenters. The molecule has 0 radical (unpaired) electrons. The lowest BCUT2D eigenvalue weighted by molar-refractivity contribution is -0.887. The minimum absolute atomic E-state index is 0.0476. The number of hydrogen-bond acceptors (Lipinski definition) is 6. The van der Waals surface area contributed by atoms with Crippen molar-refractivity contribution in [2.45, 2.75) is 276 Å². The first kappa shape index (κ1) is 60.1. The topological polar surface area (TPSA) is 99.1 Å². The van der Waals surface area contributed by atoms with Gasteiger partial charge in [-0.2, -0.15) is 0 Å². The zero-order chi connectivity index (χ0) is 45.6. The predicted molar refractivity (Wildman–Crippen MR) is 262 cm³/mol. The number of ether oxygens (including phenoxy) is 3. The molecule has 0 saturated carbocycles. The number of carboxylic acids is 1. The van der Waals surface area contributed by atoms with Crippen LogP contribution in [0.5, 0.6) is 0 Å². The van der Waals surface area contributed by atoms with Gasteiger partial charge in [-0.15, -0.1) is 0 Å². The van der Waals surface area contributed by atoms with Gasteiger partial charge in [-0.25, -0.2) is 4.79 Å². The van der Waals surface area contributed by atoms with E-state index in [1.54, 1.807) is 0 Å². The fraction of sp³-hybridized carbons (Fsp3) is 0.907. The minimum atomic E-state index is -0.872. The molecule has 0 bridgehead atoms. The van der Waals surface area contributed by atoms with Crippen LogP contribution < -0.4 is 0 Å². The van der Waals surface area contributed by atoms with Crippen molar-refractivity contribution >= 4 is 17.9 Å². The van der Waals surface area contributed by atoms with E-state index in [2.05, 4.69) is 26.0 Å². The lowest BCUT2D eigenvalue weighted by atomic mass is 10.0. The Hall–Kier alpha value is -1.93. The van der Waals surface area contributed by atoms with E-state index in [9.17, 15) is 19.5 Å². The second-order valence-electron chi connectivity index (χ2n) is 19.5. The average molecular weight is 879 g/mol. The average Bonchev–Trinajstić information content (AvgIpc) is 3.23. The van der Waals surface area contributed by atoms with Crippen LogP contribution in [0.15, 0.2) is 12.2 Å². The molecule has 0 heterocycles. The van der Waals surface area contributed by atoms with E-state index in [1.165, 1.54) is 180 Å². The summed E-state index contributed by atoms with van der Waals surface area (Å²) < 4.78 is 17.4. The molecule has 0 spiro atoms. The zero-order valence-corrected chi connectivity index (χ0v) is 41.9. The van der Waals surface area contributed by atoms with Crippen molar-refractivity contribution in [2.75, 3.05) is 41.0 Å². The third kappa shape index (κ3) is 43.3.